The van der Waals surface area contributed by atoms with Crippen LogP contribution in [0.15, 0.2) is 12.3 Å². The number of amides is 1. The Bertz CT molecular complexity index is 408. The number of carbonyl (C=O) groups excluding carboxylic acids is 1. The largest absolute Gasteiger partial charge is 0.375 e. The lowest BCUT2D eigenvalue weighted by Gasteiger charge is -2.24. The first-order valence-corrected chi connectivity index (χ1v) is 5.80. The lowest BCUT2D eigenvalue weighted by atomic mass is 10.1. The predicted molar refractivity (Wildman–Crippen MR) is 62.3 cm³/mol. The van der Waals surface area contributed by atoms with E-state index in [1.165, 1.54) is 7.11 Å². The first-order valence-electron chi connectivity index (χ1n) is 5.80. The zero-order chi connectivity index (χ0) is 12.3. The number of aromatic nitrogens is 2. The Morgan fingerprint density at radius 3 is 3.18 bits per heavy atom. The summed E-state index contributed by atoms with van der Waals surface area (Å²) in [7, 11) is 1.54. The zero-order valence-electron chi connectivity index (χ0n) is 10.2. The molecule has 92 valence electrons. The van der Waals surface area contributed by atoms with Crippen LogP contribution in [0, 0.1) is 6.92 Å². The third-order valence-corrected chi connectivity index (χ3v) is 2.98. The van der Waals surface area contributed by atoms with Crippen LogP contribution in [0.3, 0.4) is 0 Å². The molecule has 1 saturated heterocycles. The fraction of sp³-hybridized carbons (Fsp3) is 0.583. The number of aryl methyl sites for hydroxylation is 1. The van der Waals surface area contributed by atoms with Crippen LogP contribution in [0.5, 0.6) is 0 Å². The van der Waals surface area contributed by atoms with Crippen molar-refractivity contribution < 1.29 is 9.53 Å². The molecular weight excluding hydrogens is 218 g/mol. The standard InChI is InChI=1S/C12H17N3O2/c1-9-13-6-5-10(14-9)11-4-3-7-15(11)12(16)8-17-2/h5-6,11H,3-4,7-8H2,1-2H3. The highest BCUT2D eigenvalue weighted by Crippen LogP contribution is 2.30. The quantitative estimate of drug-likeness (QED) is 0.787. The molecule has 1 amide bonds. The maximum atomic E-state index is 11.9. The summed E-state index contributed by atoms with van der Waals surface area (Å²) in [5.41, 5.74) is 0.930. The van der Waals surface area contributed by atoms with Gasteiger partial charge < -0.3 is 9.64 Å². The van der Waals surface area contributed by atoms with Gasteiger partial charge in [0.15, 0.2) is 0 Å². The van der Waals surface area contributed by atoms with Crippen LogP contribution in [-0.4, -0.2) is 41.0 Å². The Morgan fingerprint density at radius 2 is 2.47 bits per heavy atom. The van der Waals surface area contributed by atoms with Gasteiger partial charge in [0.05, 0.1) is 11.7 Å². The van der Waals surface area contributed by atoms with Crippen molar-refractivity contribution in [3.05, 3.63) is 23.8 Å². The van der Waals surface area contributed by atoms with Gasteiger partial charge in [0.1, 0.15) is 12.4 Å². The van der Waals surface area contributed by atoms with Gasteiger partial charge in [-0.1, -0.05) is 0 Å². The summed E-state index contributed by atoms with van der Waals surface area (Å²) in [5.74, 6) is 0.778. The molecule has 2 rings (SSSR count). The molecule has 0 aromatic carbocycles. The molecule has 5 heteroatoms. The average molecular weight is 235 g/mol. The topological polar surface area (TPSA) is 55.3 Å². The monoisotopic (exact) mass is 235 g/mol. The molecule has 1 aromatic rings. The SMILES string of the molecule is COCC(=O)N1CCCC1c1ccnc(C)n1. The van der Waals surface area contributed by atoms with Gasteiger partial charge in [0, 0.05) is 19.9 Å². The van der Waals surface area contributed by atoms with E-state index in [0.717, 1.165) is 30.9 Å². The Hall–Kier alpha value is -1.49. The van der Waals surface area contributed by atoms with Crippen LogP contribution in [-0.2, 0) is 9.53 Å². The van der Waals surface area contributed by atoms with E-state index in [1.807, 2.05) is 17.9 Å². The highest BCUT2D eigenvalue weighted by atomic mass is 16.5. The van der Waals surface area contributed by atoms with Gasteiger partial charge in [-0.25, -0.2) is 9.97 Å². The molecule has 1 unspecified atom stereocenters. The summed E-state index contributed by atoms with van der Waals surface area (Å²) in [5, 5.41) is 0. The van der Waals surface area contributed by atoms with Gasteiger partial charge in [-0.3, -0.25) is 4.79 Å². The molecule has 1 fully saturated rings. The third kappa shape index (κ3) is 2.61. The van der Waals surface area contributed by atoms with Gasteiger partial charge in [-0.2, -0.15) is 0 Å². The van der Waals surface area contributed by atoms with Crippen molar-refractivity contribution in [3.8, 4) is 0 Å². The lowest BCUT2D eigenvalue weighted by Crippen LogP contribution is -2.33. The first-order chi connectivity index (χ1) is 8.22. The van der Waals surface area contributed by atoms with E-state index >= 15 is 0 Å². The second-order valence-electron chi connectivity index (χ2n) is 4.21. The van der Waals surface area contributed by atoms with E-state index < -0.39 is 0 Å². The average Bonchev–Trinajstić information content (AvgIpc) is 2.78. The fourth-order valence-electron chi connectivity index (χ4n) is 2.24. The maximum Gasteiger partial charge on any atom is 0.249 e. The van der Waals surface area contributed by atoms with E-state index in [2.05, 4.69) is 9.97 Å². The molecule has 1 aliphatic rings. The fourth-order valence-corrected chi connectivity index (χ4v) is 2.24. The summed E-state index contributed by atoms with van der Waals surface area (Å²) in [6, 6.07) is 1.97. The smallest absolute Gasteiger partial charge is 0.249 e. The van der Waals surface area contributed by atoms with Crippen LogP contribution in [0.2, 0.25) is 0 Å². The Kier molecular flexibility index (Phi) is 3.68. The number of likely N-dealkylation sites (tertiary alicyclic amines) is 1. The number of hydrogen-bond acceptors (Lipinski definition) is 4. The number of ether oxygens (including phenoxy) is 1. The van der Waals surface area contributed by atoms with Crippen molar-refractivity contribution in [1.29, 1.82) is 0 Å². The molecule has 2 heterocycles. The van der Waals surface area contributed by atoms with Gasteiger partial charge in [0.2, 0.25) is 5.91 Å². The highest BCUT2D eigenvalue weighted by Gasteiger charge is 2.30. The molecule has 0 saturated carbocycles. The Labute approximate surface area is 101 Å². The van der Waals surface area contributed by atoms with Crippen molar-refractivity contribution in [1.82, 2.24) is 14.9 Å². The van der Waals surface area contributed by atoms with E-state index in [-0.39, 0.29) is 18.6 Å². The molecule has 1 aromatic heterocycles. The molecule has 17 heavy (non-hydrogen) atoms. The summed E-state index contributed by atoms with van der Waals surface area (Å²) < 4.78 is 4.90. The summed E-state index contributed by atoms with van der Waals surface area (Å²) in [4.78, 5) is 22.2. The zero-order valence-corrected chi connectivity index (χ0v) is 10.2. The molecule has 0 N–H and O–H groups in total. The number of rotatable bonds is 3. The molecular formula is C12H17N3O2. The summed E-state index contributed by atoms with van der Waals surface area (Å²) in [6.07, 6.45) is 3.73. The Balaban J connectivity index is 2.17. The lowest BCUT2D eigenvalue weighted by molar-refractivity contribution is -0.136. The van der Waals surface area contributed by atoms with E-state index in [4.69, 9.17) is 4.74 Å². The minimum Gasteiger partial charge on any atom is -0.375 e. The summed E-state index contributed by atoms with van der Waals surface area (Å²) in [6.45, 7) is 2.79. The highest BCUT2D eigenvalue weighted by molar-refractivity contribution is 5.78. The maximum absolute atomic E-state index is 11.9. The van der Waals surface area contributed by atoms with E-state index in [1.54, 1.807) is 6.20 Å². The molecule has 5 nitrogen and oxygen atoms in total. The van der Waals surface area contributed by atoms with Crippen LogP contribution in [0.1, 0.15) is 30.4 Å². The number of carbonyl (C=O) groups is 1. The number of methoxy groups -OCH3 is 1. The van der Waals surface area contributed by atoms with Crippen LogP contribution >= 0.6 is 0 Å². The van der Waals surface area contributed by atoms with Crippen LogP contribution in [0.25, 0.3) is 0 Å². The number of hydrogen-bond donors (Lipinski definition) is 0. The minimum absolute atomic E-state index is 0.0336. The van der Waals surface area contributed by atoms with Gasteiger partial charge in [-0.15, -0.1) is 0 Å². The van der Waals surface area contributed by atoms with Crippen molar-refractivity contribution in [2.24, 2.45) is 0 Å². The molecule has 1 atom stereocenters. The molecule has 0 spiro atoms. The summed E-state index contributed by atoms with van der Waals surface area (Å²) >= 11 is 0. The van der Waals surface area contributed by atoms with E-state index in [9.17, 15) is 4.79 Å². The van der Waals surface area contributed by atoms with Crippen LogP contribution < -0.4 is 0 Å². The van der Waals surface area contributed by atoms with Crippen molar-refractivity contribution in [2.45, 2.75) is 25.8 Å². The van der Waals surface area contributed by atoms with Gasteiger partial charge in [0.25, 0.3) is 0 Å². The van der Waals surface area contributed by atoms with Crippen LogP contribution in [0.4, 0.5) is 0 Å². The van der Waals surface area contributed by atoms with Gasteiger partial charge in [-0.05, 0) is 25.8 Å². The molecule has 0 aliphatic carbocycles. The second-order valence-corrected chi connectivity index (χ2v) is 4.21. The van der Waals surface area contributed by atoms with Crippen molar-refractivity contribution in [2.75, 3.05) is 20.3 Å². The third-order valence-electron chi connectivity index (χ3n) is 2.98. The molecule has 0 radical (unpaired) electrons. The second kappa shape index (κ2) is 5.23. The van der Waals surface area contributed by atoms with Crippen molar-refractivity contribution >= 4 is 5.91 Å². The minimum atomic E-state index is 0.0336. The Morgan fingerprint density at radius 1 is 1.65 bits per heavy atom. The predicted octanol–water partition coefficient (Wildman–Crippen LogP) is 1.09. The first kappa shape index (κ1) is 12.0. The molecule has 1 aliphatic heterocycles. The number of nitrogens with zero attached hydrogens (tertiary/aromatic N) is 3. The van der Waals surface area contributed by atoms with Crippen molar-refractivity contribution in [3.63, 3.8) is 0 Å². The van der Waals surface area contributed by atoms with E-state index in [0.29, 0.717) is 0 Å². The normalized spacial score (nSPS) is 19.6. The van der Waals surface area contributed by atoms with Gasteiger partial charge >= 0.3 is 0 Å². The molecule has 0 bridgehead atoms.